The van der Waals surface area contributed by atoms with Gasteiger partial charge in [0.05, 0.1) is 6.10 Å². The van der Waals surface area contributed by atoms with Crippen molar-refractivity contribution in [3.63, 3.8) is 0 Å². The van der Waals surface area contributed by atoms with E-state index < -0.39 is 0 Å². The summed E-state index contributed by atoms with van der Waals surface area (Å²) in [4.78, 5) is 12.4. The lowest BCUT2D eigenvalue weighted by atomic mass is 9.34. The molecule has 0 bridgehead atoms. The first-order chi connectivity index (χ1) is 13.6. The molecule has 9 unspecified atom stereocenters. The lowest BCUT2D eigenvalue weighted by Crippen LogP contribution is -2.66. The molecular weight excluding hydrogens is 356 g/mol. The average molecular weight is 397 g/mol. The van der Waals surface area contributed by atoms with Crippen LogP contribution in [0.5, 0.6) is 0 Å². The van der Waals surface area contributed by atoms with Crippen molar-refractivity contribution in [2.45, 2.75) is 92.1 Å². The topological polar surface area (TPSA) is 37.3 Å². The van der Waals surface area contributed by atoms with E-state index in [9.17, 15) is 9.90 Å². The van der Waals surface area contributed by atoms with Crippen LogP contribution in [-0.2, 0) is 4.79 Å². The van der Waals surface area contributed by atoms with Gasteiger partial charge in [-0.1, -0.05) is 59.6 Å². The van der Waals surface area contributed by atoms with Gasteiger partial charge in [0.25, 0.3) is 0 Å². The van der Waals surface area contributed by atoms with Gasteiger partial charge < -0.3 is 5.11 Å². The van der Waals surface area contributed by atoms with Crippen LogP contribution in [-0.4, -0.2) is 17.0 Å². The first-order valence-electron chi connectivity index (χ1n) is 12.2. The van der Waals surface area contributed by atoms with E-state index in [1.165, 1.54) is 38.5 Å². The molecule has 0 saturated heterocycles. The smallest absolute Gasteiger partial charge is 0.181 e. The molecular formula is C27H40O2. The van der Waals surface area contributed by atoms with Crippen molar-refractivity contribution in [1.82, 2.24) is 0 Å². The number of fused-ring (bicyclic) bond motifs is 7. The number of hydrogen-bond donors (Lipinski definition) is 1. The second kappa shape index (κ2) is 6.09. The predicted octanol–water partition coefficient (Wildman–Crippen LogP) is 6.10. The Morgan fingerprint density at radius 2 is 1.76 bits per heavy atom. The van der Waals surface area contributed by atoms with Gasteiger partial charge >= 0.3 is 0 Å². The Balaban J connectivity index is 1.59. The number of allylic oxidation sites excluding steroid dienone is 4. The number of rotatable bonds is 1. The summed E-state index contributed by atoms with van der Waals surface area (Å²) in [6, 6.07) is 0. The zero-order chi connectivity index (χ0) is 20.8. The minimum Gasteiger partial charge on any atom is -0.393 e. The Labute approximate surface area is 177 Å². The maximum absolute atomic E-state index is 12.4. The maximum atomic E-state index is 12.4. The molecule has 1 N–H and O–H groups in total. The number of aliphatic hydroxyl groups excluding tert-OH is 1. The van der Waals surface area contributed by atoms with Gasteiger partial charge in [-0.25, -0.2) is 0 Å². The average Bonchev–Trinajstić information content (AvgIpc) is 3.06. The number of aliphatic hydroxyl groups is 1. The molecule has 9 atom stereocenters. The zero-order valence-electron chi connectivity index (χ0n) is 19.1. The van der Waals surface area contributed by atoms with E-state index >= 15 is 0 Å². The second-order valence-corrected chi connectivity index (χ2v) is 12.3. The van der Waals surface area contributed by atoms with Crippen LogP contribution in [0.4, 0.5) is 0 Å². The number of carbonyl (C=O) groups is 1. The Morgan fingerprint density at radius 1 is 1.03 bits per heavy atom. The van der Waals surface area contributed by atoms with E-state index in [-0.39, 0.29) is 28.6 Å². The van der Waals surface area contributed by atoms with Crippen molar-refractivity contribution in [2.75, 3.05) is 0 Å². The summed E-state index contributed by atoms with van der Waals surface area (Å²) >= 11 is 0. The molecule has 29 heavy (non-hydrogen) atoms. The van der Waals surface area contributed by atoms with Gasteiger partial charge in [0.1, 0.15) is 0 Å². The third-order valence-corrected chi connectivity index (χ3v) is 11.5. The molecule has 5 aliphatic rings. The quantitative estimate of drug-likeness (QED) is 0.581. The summed E-state index contributed by atoms with van der Waals surface area (Å²) in [5, 5.41) is 11.7. The van der Waals surface area contributed by atoms with Gasteiger partial charge in [-0.3, -0.25) is 4.79 Å². The second-order valence-electron chi connectivity index (χ2n) is 12.3. The summed E-state index contributed by atoms with van der Waals surface area (Å²) < 4.78 is 0. The minimum absolute atomic E-state index is 0.110. The molecule has 5 rings (SSSR count). The van der Waals surface area contributed by atoms with E-state index in [0.29, 0.717) is 22.7 Å². The number of hydrogen-bond acceptors (Lipinski definition) is 2. The minimum atomic E-state index is -0.319. The third kappa shape index (κ3) is 2.31. The monoisotopic (exact) mass is 396 g/mol. The molecule has 3 fully saturated rings. The number of ketones is 1. The van der Waals surface area contributed by atoms with E-state index in [4.69, 9.17) is 0 Å². The van der Waals surface area contributed by atoms with Gasteiger partial charge in [0.2, 0.25) is 0 Å². The third-order valence-electron chi connectivity index (χ3n) is 11.5. The molecule has 3 saturated carbocycles. The molecule has 2 heteroatoms. The van der Waals surface area contributed by atoms with Gasteiger partial charge in [0.15, 0.2) is 5.78 Å². The van der Waals surface area contributed by atoms with Crippen molar-refractivity contribution in [3.05, 3.63) is 23.8 Å². The Morgan fingerprint density at radius 3 is 2.48 bits per heavy atom. The Kier molecular flexibility index (Phi) is 4.20. The summed E-state index contributed by atoms with van der Waals surface area (Å²) in [7, 11) is 0. The van der Waals surface area contributed by atoms with Crippen LogP contribution in [0.1, 0.15) is 86.0 Å². The van der Waals surface area contributed by atoms with Crippen LogP contribution in [0.25, 0.3) is 0 Å². The predicted molar refractivity (Wildman–Crippen MR) is 117 cm³/mol. The van der Waals surface area contributed by atoms with Crippen LogP contribution in [0, 0.1) is 45.3 Å². The fourth-order valence-corrected chi connectivity index (χ4v) is 9.79. The van der Waals surface area contributed by atoms with E-state index in [1.807, 2.05) is 0 Å². The SMILES string of the molecule is CCC1(C)CCCC2(C)C1CCC1(C)C2CC(O)C2(C)C3C=CC(=O)C3=CCC12. The first-order valence-corrected chi connectivity index (χ1v) is 12.2. The highest BCUT2D eigenvalue weighted by Crippen LogP contribution is 2.73. The summed E-state index contributed by atoms with van der Waals surface area (Å²) in [5.41, 5.74) is 1.81. The van der Waals surface area contributed by atoms with Crippen molar-refractivity contribution < 1.29 is 9.90 Å². The van der Waals surface area contributed by atoms with E-state index in [2.05, 4.69) is 46.8 Å². The molecule has 0 amide bonds. The molecule has 0 aromatic rings. The molecule has 5 aliphatic carbocycles. The van der Waals surface area contributed by atoms with Gasteiger partial charge in [-0.15, -0.1) is 0 Å². The van der Waals surface area contributed by atoms with Crippen molar-refractivity contribution in [2.24, 2.45) is 45.3 Å². The summed E-state index contributed by atoms with van der Waals surface area (Å²) in [5.74, 6) is 2.12. The summed E-state index contributed by atoms with van der Waals surface area (Å²) in [6.07, 6.45) is 15.6. The van der Waals surface area contributed by atoms with Crippen LogP contribution >= 0.6 is 0 Å². The molecule has 0 heterocycles. The Hall–Kier alpha value is -0.890. The van der Waals surface area contributed by atoms with E-state index in [1.54, 1.807) is 6.08 Å². The van der Waals surface area contributed by atoms with E-state index in [0.717, 1.165) is 24.3 Å². The van der Waals surface area contributed by atoms with Crippen LogP contribution in [0.15, 0.2) is 23.8 Å². The highest BCUT2D eigenvalue weighted by molar-refractivity contribution is 6.07. The highest BCUT2D eigenvalue weighted by atomic mass is 16.3. The highest BCUT2D eigenvalue weighted by Gasteiger charge is 2.68. The Bertz CT molecular complexity index is 794. The molecule has 0 aromatic heterocycles. The molecule has 0 spiro atoms. The summed E-state index contributed by atoms with van der Waals surface area (Å²) in [6.45, 7) is 12.4. The molecule has 0 aliphatic heterocycles. The van der Waals surface area contributed by atoms with Crippen molar-refractivity contribution in [3.8, 4) is 0 Å². The van der Waals surface area contributed by atoms with Gasteiger partial charge in [-0.05, 0) is 78.6 Å². The fourth-order valence-electron chi connectivity index (χ4n) is 9.79. The van der Waals surface area contributed by atoms with Gasteiger partial charge in [0, 0.05) is 16.9 Å². The van der Waals surface area contributed by atoms with Crippen LogP contribution < -0.4 is 0 Å². The molecule has 160 valence electrons. The van der Waals surface area contributed by atoms with Crippen molar-refractivity contribution in [1.29, 1.82) is 0 Å². The van der Waals surface area contributed by atoms with Crippen LogP contribution in [0.3, 0.4) is 0 Å². The van der Waals surface area contributed by atoms with Crippen LogP contribution in [0.2, 0.25) is 0 Å². The first kappa shape index (κ1) is 20.0. The van der Waals surface area contributed by atoms with Crippen molar-refractivity contribution >= 4 is 5.78 Å². The lowest BCUT2D eigenvalue weighted by Gasteiger charge is -2.70. The fraction of sp³-hybridized carbons (Fsp3) is 0.815. The molecule has 0 radical (unpaired) electrons. The number of carbonyl (C=O) groups excluding carboxylic acids is 1. The molecule has 2 nitrogen and oxygen atoms in total. The maximum Gasteiger partial charge on any atom is 0.181 e. The molecule has 0 aromatic carbocycles. The zero-order valence-corrected chi connectivity index (χ0v) is 19.1. The standard InChI is InChI=1S/C27H40O2/c1-6-24(2)13-7-14-25(3)20(24)12-15-26(4)21-11-8-17-18(9-10-19(17)28)27(21,5)23(29)16-22(25)26/h8-10,18,20-23,29H,6-7,11-16H2,1-5H3. The lowest BCUT2D eigenvalue weighted by molar-refractivity contribution is -0.231. The van der Waals surface area contributed by atoms with Gasteiger partial charge in [-0.2, -0.15) is 0 Å². The largest absolute Gasteiger partial charge is 0.393 e. The normalized spacial score (nSPS) is 56.1.